The van der Waals surface area contributed by atoms with Crippen molar-refractivity contribution in [2.45, 2.75) is 63.1 Å². The van der Waals surface area contributed by atoms with Crippen molar-refractivity contribution in [2.75, 3.05) is 45.9 Å². The number of hydrogen-bond donors (Lipinski definition) is 2. The van der Waals surface area contributed by atoms with Gasteiger partial charge in [-0.3, -0.25) is 14.5 Å². The molecule has 1 aromatic heterocycles. The molecule has 6 heteroatoms. The minimum Gasteiger partial charge on any atom is -0.396 e. The first-order chi connectivity index (χ1) is 13.3. The molecule has 1 aromatic rings. The largest absolute Gasteiger partial charge is 0.396 e. The first-order valence-electron chi connectivity index (χ1n) is 11.1. The Balaban J connectivity index is 1.35. The highest BCUT2D eigenvalue weighted by Gasteiger charge is 2.35. The zero-order chi connectivity index (χ0) is 18.5. The fourth-order valence-electron chi connectivity index (χ4n) is 5.59. The van der Waals surface area contributed by atoms with E-state index in [2.05, 4.69) is 31.1 Å². The second-order valence-electron chi connectivity index (χ2n) is 8.73. The van der Waals surface area contributed by atoms with Gasteiger partial charge in [-0.25, -0.2) is 0 Å². The molecule has 27 heavy (non-hydrogen) atoms. The summed E-state index contributed by atoms with van der Waals surface area (Å²) in [6, 6.07) is 3.87. The van der Waals surface area contributed by atoms with Crippen LogP contribution in [0, 0.1) is 5.92 Å². The summed E-state index contributed by atoms with van der Waals surface area (Å²) in [6.45, 7) is 7.44. The quantitative estimate of drug-likeness (QED) is 0.793. The zero-order valence-electron chi connectivity index (χ0n) is 16.7. The molecule has 3 aliphatic rings. The molecule has 0 saturated carbocycles. The van der Waals surface area contributed by atoms with Crippen LogP contribution in [-0.2, 0) is 0 Å². The predicted octanol–water partition coefficient (Wildman–Crippen LogP) is 1.74. The van der Waals surface area contributed by atoms with Gasteiger partial charge >= 0.3 is 0 Å². The molecule has 2 N–H and O–H groups in total. The average Bonchev–Trinajstić information content (AvgIpc) is 3.25. The van der Waals surface area contributed by atoms with E-state index in [0.717, 1.165) is 25.4 Å². The first-order valence-corrected chi connectivity index (χ1v) is 11.1. The van der Waals surface area contributed by atoms with E-state index in [-0.39, 0.29) is 0 Å². The zero-order valence-corrected chi connectivity index (χ0v) is 16.7. The summed E-state index contributed by atoms with van der Waals surface area (Å²) in [4.78, 5) is 5.46. The van der Waals surface area contributed by atoms with Gasteiger partial charge in [-0.1, -0.05) is 6.42 Å². The van der Waals surface area contributed by atoms with E-state index in [0.29, 0.717) is 24.7 Å². The number of rotatable bonds is 6. The average molecular weight is 376 g/mol. The Morgan fingerprint density at radius 3 is 2.74 bits per heavy atom. The van der Waals surface area contributed by atoms with Gasteiger partial charge in [0.2, 0.25) is 0 Å². The summed E-state index contributed by atoms with van der Waals surface area (Å²) in [7, 11) is 0. The van der Waals surface area contributed by atoms with E-state index in [1.807, 2.05) is 12.3 Å². The SMILES string of the molecule is OCCC1CCCCN1CC1CCNCC1N1CCC(n2cccn2)CC1. The van der Waals surface area contributed by atoms with Crippen LogP contribution in [0.4, 0.5) is 0 Å². The van der Waals surface area contributed by atoms with E-state index in [1.165, 1.54) is 64.7 Å². The highest BCUT2D eigenvalue weighted by atomic mass is 16.3. The molecule has 6 nitrogen and oxygen atoms in total. The molecule has 152 valence electrons. The Morgan fingerprint density at radius 1 is 1.07 bits per heavy atom. The summed E-state index contributed by atoms with van der Waals surface area (Å²) >= 11 is 0. The highest BCUT2D eigenvalue weighted by molar-refractivity contribution is 4.92. The van der Waals surface area contributed by atoms with E-state index < -0.39 is 0 Å². The van der Waals surface area contributed by atoms with Gasteiger partial charge in [0.25, 0.3) is 0 Å². The van der Waals surface area contributed by atoms with Crippen molar-refractivity contribution in [1.29, 1.82) is 0 Å². The molecular formula is C21H37N5O. The van der Waals surface area contributed by atoms with E-state index in [4.69, 9.17) is 0 Å². The van der Waals surface area contributed by atoms with Crippen LogP contribution in [0.25, 0.3) is 0 Å². The molecule has 3 saturated heterocycles. The fourth-order valence-corrected chi connectivity index (χ4v) is 5.59. The lowest BCUT2D eigenvalue weighted by molar-refractivity contribution is 0.0361. The van der Waals surface area contributed by atoms with Gasteiger partial charge in [-0.2, -0.15) is 5.10 Å². The molecular weight excluding hydrogens is 338 g/mol. The van der Waals surface area contributed by atoms with Crippen LogP contribution < -0.4 is 5.32 Å². The number of aromatic nitrogens is 2. The van der Waals surface area contributed by atoms with Crippen LogP contribution >= 0.6 is 0 Å². The summed E-state index contributed by atoms with van der Waals surface area (Å²) in [5.74, 6) is 0.756. The maximum absolute atomic E-state index is 9.45. The number of aliphatic hydroxyl groups is 1. The van der Waals surface area contributed by atoms with Crippen LogP contribution in [0.3, 0.4) is 0 Å². The van der Waals surface area contributed by atoms with E-state index >= 15 is 0 Å². The molecule has 3 unspecified atom stereocenters. The number of piperidine rings is 3. The fraction of sp³-hybridized carbons (Fsp3) is 0.857. The molecule has 3 fully saturated rings. The molecule has 0 amide bonds. The second kappa shape index (κ2) is 9.50. The first kappa shape index (κ1) is 19.4. The lowest BCUT2D eigenvalue weighted by Gasteiger charge is -2.46. The second-order valence-corrected chi connectivity index (χ2v) is 8.73. The van der Waals surface area contributed by atoms with Crippen molar-refractivity contribution in [3.8, 4) is 0 Å². The van der Waals surface area contributed by atoms with Crippen LogP contribution in [0.5, 0.6) is 0 Å². The normalized spacial score (nSPS) is 32.0. The van der Waals surface area contributed by atoms with Gasteiger partial charge in [0.1, 0.15) is 0 Å². The van der Waals surface area contributed by atoms with Crippen molar-refractivity contribution in [1.82, 2.24) is 24.9 Å². The Labute approximate surface area is 163 Å². The molecule has 4 rings (SSSR count). The monoisotopic (exact) mass is 375 g/mol. The molecule has 4 heterocycles. The topological polar surface area (TPSA) is 56.6 Å². The van der Waals surface area contributed by atoms with Crippen molar-refractivity contribution in [3.63, 3.8) is 0 Å². The Kier molecular flexibility index (Phi) is 6.82. The standard InChI is InChI=1S/C21H37N5O/c27-15-8-19-4-1-2-11-25(19)17-18-5-10-22-16-21(18)24-13-6-20(7-14-24)26-12-3-9-23-26/h3,9,12,18-22,27H,1-2,4-8,10-11,13-17H2. The minimum atomic E-state index is 0.331. The molecule has 0 spiro atoms. The summed E-state index contributed by atoms with van der Waals surface area (Å²) in [5.41, 5.74) is 0. The van der Waals surface area contributed by atoms with Crippen LogP contribution in [0.2, 0.25) is 0 Å². The summed E-state index contributed by atoms with van der Waals surface area (Å²) < 4.78 is 2.15. The third-order valence-electron chi connectivity index (χ3n) is 7.14. The van der Waals surface area contributed by atoms with E-state index in [1.54, 1.807) is 0 Å². The predicted molar refractivity (Wildman–Crippen MR) is 108 cm³/mol. The van der Waals surface area contributed by atoms with Gasteiger partial charge in [0, 0.05) is 57.3 Å². The van der Waals surface area contributed by atoms with Gasteiger partial charge in [-0.15, -0.1) is 0 Å². The maximum atomic E-state index is 9.45. The van der Waals surface area contributed by atoms with Crippen LogP contribution in [0.15, 0.2) is 18.5 Å². The van der Waals surface area contributed by atoms with E-state index in [9.17, 15) is 5.11 Å². The van der Waals surface area contributed by atoms with Crippen molar-refractivity contribution in [3.05, 3.63) is 18.5 Å². The van der Waals surface area contributed by atoms with Crippen LogP contribution in [0.1, 0.15) is 51.0 Å². The molecule has 0 aromatic carbocycles. The molecule has 0 radical (unpaired) electrons. The van der Waals surface area contributed by atoms with Crippen LogP contribution in [-0.4, -0.2) is 82.6 Å². The smallest absolute Gasteiger partial charge is 0.0543 e. The third kappa shape index (κ3) is 4.73. The molecule has 3 atom stereocenters. The third-order valence-corrected chi connectivity index (χ3v) is 7.14. The Hall–Kier alpha value is -0.950. The van der Waals surface area contributed by atoms with Gasteiger partial charge in [0.15, 0.2) is 0 Å². The number of likely N-dealkylation sites (tertiary alicyclic amines) is 2. The van der Waals surface area contributed by atoms with Gasteiger partial charge in [-0.05, 0) is 63.6 Å². The minimum absolute atomic E-state index is 0.331. The highest BCUT2D eigenvalue weighted by Crippen LogP contribution is 2.29. The Morgan fingerprint density at radius 2 is 1.96 bits per heavy atom. The van der Waals surface area contributed by atoms with Gasteiger partial charge in [0.05, 0.1) is 6.04 Å². The molecule has 0 aliphatic carbocycles. The molecule has 3 aliphatic heterocycles. The van der Waals surface area contributed by atoms with Gasteiger partial charge < -0.3 is 10.4 Å². The number of hydrogen-bond acceptors (Lipinski definition) is 5. The van der Waals surface area contributed by atoms with Crippen molar-refractivity contribution in [2.24, 2.45) is 5.92 Å². The molecule has 0 bridgehead atoms. The maximum Gasteiger partial charge on any atom is 0.0543 e. The number of aliphatic hydroxyl groups excluding tert-OH is 1. The summed E-state index contributed by atoms with van der Waals surface area (Å²) in [6.07, 6.45) is 12.6. The number of nitrogens with zero attached hydrogens (tertiary/aromatic N) is 4. The number of nitrogens with one attached hydrogen (secondary N) is 1. The lowest BCUT2D eigenvalue weighted by atomic mass is 9.87. The Bertz CT molecular complexity index is 541. The lowest BCUT2D eigenvalue weighted by Crippen LogP contribution is -2.57. The summed E-state index contributed by atoms with van der Waals surface area (Å²) in [5, 5.41) is 17.6. The van der Waals surface area contributed by atoms with Crippen molar-refractivity contribution < 1.29 is 5.11 Å². The van der Waals surface area contributed by atoms with Crippen molar-refractivity contribution >= 4 is 0 Å².